The Morgan fingerprint density at radius 2 is 0.683 bits per heavy atom. The first-order chi connectivity index (χ1) is 29.5. The fourth-order valence-corrected chi connectivity index (χ4v) is 8.87. The monoisotopic (exact) mass is 848 g/mol. The highest BCUT2D eigenvalue weighted by Gasteiger charge is 2.20. The number of hydrogen-bond acceptors (Lipinski definition) is 4. The molecule has 0 aromatic carbocycles. The van der Waals surface area contributed by atoms with Gasteiger partial charge in [0.05, 0.1) is 31.3 Å². The van der Waals surface area contributed by atoms with Gasteiger partial charge in [-0.25, -0.2) is 0 Å². The van der Waals surface area contributed by atoms with Crippen molar-refractivity contribution in [3.63, 3.8) is 0 Å². The van der Waals surface area contributed by atoms with E-state index in [1.165, 1.54) is 257 Å². The van der Waals surface area contributed by atoms with Crippen molar-refractivity contribution >= 4 is 5.91 Å². The van der Waals surface area contributed by atoms with E-state index in [1.807, 2.05) is 6.08 Å². The SMILES string of the molecule is CCCCCCCCCCCCCCCC/C=C/C(O)C(CO)NC(=O)CC(O)CCCCCCCCCCCCCCCCCCCCCCCCCCCCCCC. The van der Waals surface area contributed by atoms with Gasteiger partial charge in [0.15, 0.2) is 0 Å². The Kier molecular flexibility index (Phi) is 50.0. The topological polar surface area (TPSA) is 89.8 Å². The molecule has 3 atom stereocenters. The number of nitrogens with one attached hydrogen (secondary N) is 1. The molecule has 0 heterocycles. The van der Waals surface area contributed by atoms with E-state index in [1.54, 1.807) is 6.08 Å². The summed E-state index contributed by atoms with van der Waals surface area (Å²) in [5.74, 6) is -0.309. The Balaban J connectivity index is 3.50. The lowest BCUT2D eigenvalue weighted by atomic mass is 10.0. The van der Waals surface area contributed by atoms with Gasteiger partial charge in [0.2, 0.25) is 5.91 Å². The van der Waals surface area contributed by atoms with Gasteiger partial charge in [0, 0.05) is 0 Å². The summed E-state index contributed by atoms with van der Waals surface area (Å²) in [6.07, 6.45) is 62.6. The molecule has 5 nitrogen and oxygen atoms in total. The summed E-state index contributed by atoms with van der Waals surface area (Å²) in [5.41, 5.74) is 0. The molecule has 3 unspecified atom stereocenters. The summed E-state index contributed by atoms with van der Waals surface area (Å²) in [7, 11) is 0. The van der Waals surface area contributed by atoms with Crippen LogP contribution in [0.25, 0.3) is 0 Å². The minimum absolute atomic E-state index is 0.0194. The highest BCUT2D eigenvalue weighted by Crippen LogP contribution is 2.18. The molecule has 1 amide bonds. The minimum Gasteiger partial charge on any atom is -0.394 e. The second-order valence-electron chi connectivity index (χ2n) is 19.2. The van der Waals surface area contributed by atoms with Crippen molar-refractivity contribution in [2.45, 2.75) is 327 Å². The summed E-state index contributed by atoms with van der Waals surface area (Å²) < 4.78 is 0. The average Bonchev–Trinajstić information content (AvgIpc) is 3.24. The number of carbonyl (C=O) groups excluding carboxylic acids is 1. The molecule has 0 aromatic rings. The van der Waals surface area contributed by atoms with E-state index in [0.29, 0.717) is 6.42 Å². The molecule has 0 aliphatic rings. The molecule has 0 aliphatic carbocycles. The lowest BCUT2D eigenvalue weighted by molar-refractivity contribution is -0.124. The van der Waals surface area contributed by atoms with Crippen molar-refractivity contribution in [2.24, 2.45) is 0 Å². The van der Waals surface area contributed by atoms with E-state index in [9.17, 15) is 20.1 Å². The van der Waals surface area contributed by atoms with Gasteiger partial charge < -0.3 is 20.6 Å². The fraction of sp³-hybridized carbons (Fsp3) is 0.945. The molecular weight excluding hydrogens is 739 g/mol. The molecule has 0 aromatic heterocycles. The number of hydrogen-bond donors (Lipinski definition) is 4. The number of aliphatic hydroxyl groups excluding tert-OH is 3. The number of rotatable bonds is 51. The highest BCUT2D eigenvalue weighted by atomic mass is 16.3. The predicted molar refractivity (Wildman–Crippen MR) is 264 cm³/mol. The summed E-state index contributed by atoms with van der Waals surface area (Å²) >= 11 is 0. The van der Waals surface area contributed by atoms with Crippen molar-refractivity contribution in [1.82, 2.24) is 5.32 Å². The van der Waals surface area contributed by atoms with E-state index >= 15 is 0 Å². The van der Waals surface area contributed by atoms with Crippen molar-refractivity contribution in [1.29, 1.82) is 0 Å². The molecule has 0 radical (unpaired) electrons. The van der Waals surface area contributed by atoms with Crippen molar-refractivity contribution in [3.05, 3.63) is 12.2 Å². The molecule has 0 rings (SSSR count). The number of unbranched alkanes of at least 4 members (excludes halogenated alkanes) is 42. The van der Waals surface area contributed by atoms with Crippen LogP contribution in [0.15, 0.2) is 12.2 Å². The quantitative estimate of drug-likeness (QED) is 0.0363. The van der Waals surface area contributed by atoms with Crippen LogP contribution in [-0.2, 0) is 4.79 Å². The Bertz CT molecular complexity index is 848. The maximum atomic E-state index is 12.5. The zero-order valence-electron chi connectivity index (χ0n) is 40.9. The van der Waals surface area contributed by atoms with Crippen LogP contribution in [0.3, 0.4) is 0 Å². The van der Waals surface area contributed by atoms with Gasteiger partial charge in [-0.15, -0.1) is 0 Å². The normalized spacial score (nSPS) is 13.3. The van der Waals surface area contributed by atoms with E-state index in [2.05, 4.69) is 19.2 Å². The van der Waals surface area contributed by atoms with Gasteiger partial charge in [-0.3, -0.25) is 4.79 Å². The Hall–Kier alpha value is -0.910. The largest absolute Gasteiger partial charge is 0.394 e. The van der Waals surface area contributed by atoms with Crippen LogP contribution in [0.5, 0.6) is 0 Å². The zero-order valence-corrected chi connectivity index (χ0v) is 40.9. The van der Waals surface area contributed by atoms with Crippen molar-refractivity contribution in [3.8, 4) is 0 Å². The molecule has 0 fully saturated rings. The van der Waals surface area contributed by atoms with Gasteiger partial charge >= 0.3 is 0 Å². The molecular formula is C55H109NO4. The van der Waals surface area contributed by atoms with Gasteiger partial charge in [-0.05, 0) is 19.3 Å². The van der Waals surface area contributed by atoms with Crippen LogP contribution in [0, 0.1) is 0 Å². The van der Waals surface area contributed by atoms with Crippen LogP contribution in [0.4, 0.5) is 0 Å². The van der Waals surface area contributed by atoms with Gasteiger partial charge in [0.1, 0.15) is 0 Å². The van der Waals surface area contributed by atoms with Crippen LogP contribution in [0.1, 0.15) is 309 Å². The van der Waals surface area contributed by atoms with E-state index in [-0.39, 0.29) is 18.9 Å². The van der Waals surface area contributed by atoms with Crippen molar-refractivity contribution in [2.75, 3.05) is 6.61 Å². The zero-order chi connectivity index (χ0) is 43.7. The lowest BCUT2D eigenvalue weighted by Gasteiger charge is -2.21. The summed E-state index contributed by atoms with van der Waals surface area (Å²) in [5, 5.41) is 33.4. The number of amides is 1. The number of allylic oxidation sites excluding steroid dienone is 1. The smallest absolute Gasteiger partial charge is 0.222 e. The molecule has 4 N–H and O–H groups in total. The van der Waals surface area contributed by atoms with E-state index in [0.717, 1.165) is 25.7 Å². The maximum absolute atomic E-state index is 12.5. The van der Waals surface area contributed by atoms with E-state index < -0.39 is 18.2 Å². The maximum Gasteiger partial charge on any atom is 0.222 e. The van der Waals surface area contributed by atoms with Gasteiger partial charge in [-0.2, -0.15) is 0 Å². The van der Waals surface area contributed by atoms with E-state index in [4.69, 9.17) is 0 Å². The first kappa shape index (κ1) is 59.1. The predicted octanol–water partition coefficient (Wildman–Crippen LogP) is 16.7. The third kappa shape index (κ3) is 46.6. The third-order valence-electron chi connectivity index (χ3n) is 13.1. The van der Waals surface area contributed by atoms with Crippen molar-refractivity contribution < 1.29 is 20.1 Å². The average molecular weight is 848 g/mol. The standard InChI is InChI=1S/C55H109NO4/c1-3-5-7-9-11-13-15-17-19-21-22-23-24-25-26-27-28-29-30-31-32-33-34-36-38-40-42-44-46-48-52(58)50-55(60)56-53(51-57)54(59)49-47-45-43-41-39-37-35-20-18-16-14-12-10-8-6-4-2/h47,49,52-54,57-59H,3-46,48,50-51H2,1-2H3,(H,56,60)/b49-47+. The van der Waals surface area contributed by atoms with Crippen LogP contribution in [0.2, 0.25) is 0 Å². The molecule has 0 spiro atoms. The van der Waals surface area contributed by atoms with Crippen LogP contribution in [-0.4, -0.2) is 46.1 Å². The molecule has 0 saturated heterocycles. The molecule has 0 bridgehead atoms. The molecule has 60 heavy (non-hydrogen) atoms. The van der Waals surface area contributed by atoms with Gasteiger partial charge in [0.25, 0.3) is 0 Å². The first-order valence-electron chi connectivity index (χ1n) is 27.5. The molecule has 5 heteroatoms. The second-order valence-corrected chi connectivity index (χ2v) is 19.2. The Morgan fingerprint density at radius 1 is 0.417 bits per heavy atom. The molecule has 0 saturated carbocycles. The van der Waals surface area contributed by atoms with Gasteiger partial charge in [-0.1, -0.05) is 296 Å². The lowest BCUT2D eigenvalue weighted by Crippen LogP contribution is -2.45. The molecule has 358 valence electrons. The summed E-state index contributed by atoms with van der Waals surface area (Å²) in [6.45, 7) is 4.25. The minimum atomic E-state index is -0.925. The van der Waals surface area contributed by atoms with Crippen LogP contribution >= 0.6 is 0 Å². The Morgan fingerprint density at radius 3 is 0.967 bits per heavy atom. The fourth-order valence-electron chi connectivity index (χ4n) is 8.87. The number of carbonyl (C=O) groups is 1. The summed E-state index contributed by atoms with van der Waals surface area (Å²) in [4.78, 5) is 12.5. The van der Waals surface area contributed by atoms with Crippen LogP contribution < -0.4 is 5.32 Å². The number of aliphatic hydroxyl groups is 3. The highest BCUT2D eigenvalue weighted by molar-refractivity contribution is 5.76. The molecule has 0 aliphatic heterocycles. The Labute approximate surface area is 376 Å². The first-order valence-corrected chi connectivity index (χ1v) is 27.5. The second kappa shape index (κ2) is 50.7. The third-order valence-corrected chi connectivity index (χ3v) is 13.1. The summed E-state index contributed by atoms with van der Waals surface area (Å²) in [6, 6.07) is -0.740.